The highest BCUT2D eigenvalue weighted by atomic mass is 16.5. The molecule has 2 saturated heterocycles. The Kier molecular flexibility index (Phi) is 8.52. The van der Waals surface area contributed by atoms with Crippen LogP contribution < -0.4 is 10.2 Å². The second-order valence-electron chi connectivity index (χ2n) is 7.84. The van der Waals surface area contributed by atoms with Gasteiger partial charge in [-0.1, -0.05) is 0 Å². The smallest absolute Gasteiger partial charge is 0.257 e. The summed E-state index contributed by atoms with van der Waals surface area (Å²) in [5, 5.41) is 2.99. The van der Waals surface area contributed by atoms with Gasteiger partial charge in [-0.2, -0.15) is 0 Å². The van der Waals surface area contributed by atoms with E-state index in [1.165, 1.54) is 11.2 Å². The number of quaternary nitrogens is 1. The first kappa shape index (κ1) is 21.8. The number of carbonyl (C=O) groups excluding carboxylic acids is 2. The van der Waals surface area contributed by atoms with Gasteiger partial charge in [-0.15, -0.1) is 0 Å². The number of morpholine rings is 1. The molecule has 8 nitrogen and oxygen atoms in total. The van der Waals surface area contributed by atoms with E-state index < -0.39 is 0 Å². The van der Waals surface area contributed by atoms with Crippen LogP contribution in [0.2, 0.25) is 0 Å². The monoisotopic (exact) mass is 408 g/mol. The van der Waals surface area contributed by atoms with E-state index in [0.717, 1.165) is 58.7 Å². The minimum Gasteiger partial charge on any atom is -0.469 e. The van der Waals surface area contributed by atoms with Crippen molar-refractivity contribution in [3.63, 3.8) is 0 Å². The van der Waals surface area contributed by atoms with E-state index in [2.05, 4.69) is 5.32 Å². The molecule has 0 saturated carbocycles. The molecule has 162 valence electrons. The summed E-state index contributed by atoms with van der Waals surface area (Å²) in [6.07, 6.45) is 4.78. The van der Waals surface area contributed by atoms with E-state index >= 15 is 0 Å². The topological polar surface area (TPSA) is 85.5 Å². The average Bonchev–Trinajstić information content (AvgIpc) is 3.40. The van der Waals surface area contributed by atoms with E-state index in [0.29, 0.717) is 37.4 Å². The summed E-state index contributed by atoms with van der Waals surface area (Å²) < 4.78 is 16.3. The largest absolute Gasteiger partial charge is 0.469 e. The molecule has 2 amide bonds. The van der Waals surface area contributed by atoms with Crippen molar-refractivity contribution in [1.29, 1.82) is 0 Å². The number of hydrogen-bond acceptors (Lipinski definition) is 5. The normalized spacial score (nSPS) is 20.0. The van der Waals surface area contributed by atoms with Crippen molar-refractivity contribution in [2.24, 2.45) is 0 Å². The van der Waals surface area contributed by atoms with Crippen LogP contribution in [0, 0.1) is 6.92 Å². The number of carbonyl (C=O) groups is 2. The van der Waals surface area contributed by atoms with E-state index in [4.69, 9.17) is 13.9 Å². The molecule has 0 radical (unpaired) electrons. The van der Waals surface area contributed by atoms with Gasteiger partial charge in [0.25, 0.3) is 5.91 Å². The van der Waals surface area contributed by atoms with Crippen molar-refractivity contribution in [2.45, 2.75) is 38.7 Å². The van der Waals surface area contributed by atoms with Crippen LogP contribution >= 0.6 is 0 Å². The Morgan fingerprint density at radius 1 is 1.28 bits per heavy atom. The molecule has 0 unspecified atom stereocenters. The number of nitrogens with zero attached hydrogens (tertiary/aromatic N) is 1. The lowest BCUT2D eigenvalue weighted by atomic mass is 10.1. The molecule has 2 N–H and O–H groups in total. The van der Waals surface area contributed by atoms with Crippen molar-refractivity contribution >= 4 is 11.8 Å². The number of furan rings is 1. The molecule has 3 heterocycles. The minimum absolute atomic E-state index is 0.0176. The van der Waals surface area contributed by atoms with E-state index in [1.54, 1.807) is 17.9 Å². The third-order valence-electron chi connectivity index (χ3n) is 5.66. The van der Waals surface area contributed by atoms with Crippen molar-refractivity contribution in [1.82, 2.24) is 10.2 Å². The maximum atomic E-state index is 12.9. The molecule has 0 bridgehead atoms. The SMILES string of the molecule is Cc1occc1C(=O)N(CCC(=O)NCCC[NH+]1CCOCC1)C[C@H]1CCCO1. The predicted molar refractivity (Wildman–Crippen MR) is 107 cm³/mol. The lowest BCUT2D eigenvalue weighted by Gasteiger charge is -2.25. The molecule has 1 aromatic heterocycles. The number of hydrogen-bond donors (Lipinski definition) is 2. The summed E-state index contributed by atoms with van der Waals surface area (Å²) in [5.74, 6) is 0.480. The van der Waals surface area contributed by atoms with Gasteiger partial charge in [-0.25, -0.2) is 0 Å². The molecule has 3 rings (SSSR count). The molecule has 0 aliphatic carbocycles. The van der Waals surface area contributed by atoms with Gasteiger partial charge in [0, 0.05) is 39.1 Å². The summed E-state index contributed by atoms with van der Waals surface area (Å²) in [6, 6.07) is 1.69. The number of nitrogens with one attached hydrogen (secondary N) is 2. The lowest BCUT2D eigenvalue weighted by Crippen LogP contribution is -3.14. The van der Waals surface area contributed by atoms with E-state index in [1.807, 2.05) is 0 Å². The van der Waals surface area contributed by atoms with Crippen molar-refractivity contribution in [2.75, 3.05) is 59.1 Å². The van der Waals surface area contributed by atoms with Gasteiger partial charge in [0.15, 0.2) is 0 Å². The molecule has 2 aliphatic heterocycles. The summed E-state index contributed by atoms with van der Waals surface area (Å²) in [5.41, 5.74) is 0.553. The second-order valence-corrected chi connectivity index (χ2v) is 7.84. The molecular formula is C21H34N3O5+. The van der Waals surface area contributed by atoms with Gasteiger partial charge in [-0.3, -0.25) is 9.59 Å². The van der Waals surface area contributed by atoms with E-state index in [9.17, 15) is 9.59 Å². The fourth-order valence-corrected chi connectivity index (χ4v) is 3.89. The fourth-order valence-electron chi connectivity index (χ4n) is 3.89. The molecule has 2 fully saturated rings. The summed E-state index contributed by atoms with van der Waals surface area (Å²) >= 11 is 0. The maximum absolute atomic E-state index is 12.9. The first-order chi connectivity index (χ1) is 14.1. The molecule has 1 atom stereocenters. The number of aryl methyl sites for hydroxylation is 1. The standard InChI is InChI=1S/C21H33N3O5/c1-17-19(6-13-28-17)21(26)24(16-18-4-2-12-29-18)9-5-20(25)22-7-3-8-23-10-14-27-15-11-23/h6,13,18H,2-5,7-12,14-16H2,1H3,(H,22,25)/p+1/t18-/m1/s1. The zero-order chi connectivity index (χ0) is 20.5. The first-order valence-electron chi connectivity index (χ1n) is 10.8. The maximum Gasteiger partial charge on any atom is 0.257 e. The molecular weight excluding hydrogens is 374 g/mol. The van der Waals surface area contributed by atoms with Crippen LogP contribution in [0.1, 0.15) is 41.8 Å². The van der Waals surface area contributed by atoms with Gasteiger partial charge < -0.3 is 29.0 Å². The zero-order valence-electron chi connectivity index (χ0n) is 17.4. The third kappa shape index (κ3) is 6.83. The van der Waals surface area contributed by atoms with E-state index in [-0.39, 0.29) is 17.9 Å². The predicted octanol–water partition coefficient (Wildman–Crippen LogP) is 0.0207. The van der Waals surface area contributed by atoms with Crippen LogP contribution in [-0.4, -0.2) is 81.9 Å². The quantitative estimate of drug-likeness (QED) is 0.533. The van der Waals surface area contributed by atoms with Crippen LogP contribution in [0.3, 0.4) is 0 Å². The third-order valence-corrected chi connectivity index (χ3v) is 5.66. The fraction of sp³-hybridized carbons (Fsp3) is 0.714. The van der Waals surface area contributed by atoms with Gasteiger partial charge in [-0.05, 0) is 25.8 Å². The molecule has 0 spiro atoms. The van der Waals surface area contributed by atoms with Crippen LogP contribution in [0.25, 0.3) is 0 Å². The highest BCUT2D eigenvalue weighted by Gasteiger charge is 2.25. The second kappa shape index (κ2) is 11.3. The van der Waals surface area contributed by atoms with Crippen LogP contribution in [0.4, 0.5) is 0 Å². The molecule has 8 heteroatoms. The van der Waals surface area contributed by atoms with Gasteiger partial charge in [0.1, 0.15) is 18.8 Å². The molecule has 2 aliphatic rings. The number of ether oxygens (including phenoxy) is 2. The molecule has 0 aromatic carbocycles. The number of amides is 2. The number of rotatable bonds is 10. The van der Waals surface area contributed by atoms with Gasteiger partial charge in [0.2, 0.25) is 5.91 Å². The van der Waals surface area contributed by atoms with Gasteiger partial charge >= 0.3 is 0 Å². The average molecular weight is 409 g/mol. The molecule has 29 heavy (non-hydrogen) atoms. The van der Waals surface area contributed by atoms with Gasteiger partial charge in [0.05, 0.1) is 37.7 Å². The highest BCUT2D eigenvalue weighted by molar-refractivity contribution is 5.95. The Morgan fingerprint density at radius 3 is 2.79 bits per heavy atom. The highest BCUT2D eigenvalue weighted by Crippen LogP contribution is 2.17. The Hall–Kier alpha value is -1.90. The molecule has 1 aromatic rings. The lowest BCUT2D eigenvalue weighted by molar-refractivity contribution is -0.908. The van der Waals surface area contributed by atoms with Crippen molar-refractivity contribution < 1.29 is 28.4 Å². The zero-order valence-corrected chi connectivity index (χ0v) is 17.4. The van der Waals surface area contributed by atoms with Crippen LogP contribution in [0.15, 0.2) is 16.7 Å². The minimum atomic E-state index is -0.101. The van der Waals surface area contributed by atoms with Crippen LogP contribution in [0.5, 0.6) is 0 Å². The van der Waals surface area contributed by atoms with Crippen molar-refractivity contribution in [3.05, 3.63) is 23.7 Å². The summed E-state index contributed by atoms with van der Waals surface area (Å²) in [6.45, 7) is 8.86. The first-order valence-corrected chi connectivity index (χ1v) is 10.8. The Labute approximate surface area is 172 Å². The summed E-state index contributed by atoms with van der Waals surface area (Å²) in [7, 11) is 0. The summed E-state index contributed by atoms with van der Waals surface area (Å²) in [4.78, 5) is 28.5. The Morgan fingerprint density at radius 2 is 2.10 bits per heavy atom. The van der Waals surface area contributed by atoms with Crippen LogP contribution in [-0.2, 0) is 14.3 Å². The Bertz CT molecular complexity index is 650. The Balaban J connectivity index is 1.42. The van der Waals surface area contributed by atoms with Crippen molar-refractivity contribution in [3.8, 4) is 0 Å².